The zero-order valence-electron chi connectivity index (χ0n) is 15.7. The van der Waals surface area contributed by atoms with E-state index in [1.807, 2.05) is 24.3 Å². The van der Waals surface area contributed by atoms with Crippen molar-refractivity contribution < 1.29 is 19.1 Å². The molecular weight excluding hydrogens is 334 g/mol. The van der Waals surface area contributed by atoms with Crippen LogP contribution in [0, 0.1) is 0 Å². The maximum atomic E-state index is 12.7. The minimum Gasteiger partial charge on any atom is -0.447 e. The fraction of sp³-hybridized carbons (Fsp3) is 0.579. The average molecular weight is 361 g/mol. The highest BCUT2D eigenvalue weighted by molar-refractivity contribution is 5.93. The quantitative estimate of drug-likeness (QED) is 0.887. The number of ether oxygens (including phenoxy) is 2. The van der Waals surface area contributed by atoms with Crippen LogP contribution in [0.3, 0.4) is 0 Å². The third-order valence-electron chi connectivity index (χ3n) is 5.05. The Kier molecular flexibility index (Phi) is 5.48. The number of para-hydroxylation sites is 1. The maximum absolute atomic E-state index is 12.7. The summed E-state index contributed by atoms with van der Waals surface area (Å²) >= 11 is 0. The average Bonchev–Trinajstić information content (AvgIpc) is 2.61. The van der Waals surface area contributed by atoms with E-state index in [4.69, 9.17) is 9.47 Å². The first-order valence-corrected chi connectivity index (χ1v) is 9.01. The molecule has 7 nitrogen and oxygen atoms in total. The van der Waals surface area contributed by atoms with E-state index in [1.54, 1.807) is 7.05 Å². The lowest BCUT2D eigenvalue weighted by Crippen LogP contribution is -2.68. The van der Waals surface area contributed by atoms with E-state index in [2.05, 4.69) is 24.1 Å². The summed E-state index contributed by atoms with van der Waals surface area (Å²) in [7, 11) is 1.70. The number of cyclic esters (lactones) is 1. The molecule has 0 aliphatic carbocycles. The third kappa shape index (κ3) is 3.83. The van der Waals surface area contributed by atoms with Gasteiger partial charge in [0.1, 0.15) is 6.61 Å². The fourth-order valence-electron chi connectivity index (χ4n) is 3.63. The Bertz CT molecular complexity index is 679. The van der Waals surface area contributed by atoms with Crippen LogP contribution in [0.15, 0.2) is 24.3 Å². The lowest BCUT2D eigenvalue weighted by Gasteiger charge is -2.49. The second-order valence-electron chi connectivity index (χ2n) is 7.40. The molecule has 2 amide bonds. The van der Waals surface area contributed by atoms with Gasteiger partial charge in [0.2, 0.25) is 5.91 Å². The van der Waals surface area contributed by atoms with Crippen LogP contribution < -0.4 is 5.32 Å². The molecule has 2 aliphatic heterocycles. The molecule has 2 fully saturated rings. The fourth-order valence-corrected chi connectivity index (χ4v) is 3.63. The molecule has 1 unspecified atom stereocenters. The van der Waals surface area contributed by atoms with Crippen LogP contribution in [0.5, 0.6) is 0 Å². The number of rotatable bonds is 4. The Balaban J connectivity index is 1.70. The van der Waals surface area contributed by atoms with E-state index in [0.29, 0.717) is 32.2 Å². The minimum absolute atomic E-state index is 0.0704. The first-order valence-electron chi connectivity index (χ1n) is 9.01. The van der Waals surface area contributed by atoms with Crippen LogP contribution in [0.1, 0.15) is 25.3 Å². The Morgan fingerprint density at radius 2 is 2.08 bits per heavy atom. The van der Waals surface area contributed by atoms with Crippen LogP contribution in [0.25, 0.3) is 0 Å². The van der Waals surface area contributed by atoms with Gasteiger partial charge >= 0.3 is 6.09 Å². The molecule has 142 valence electrons. The molecule has 0 bridgehead atoms. The highest BCUT2D eigenvalue weighted by Crippen LogP contribution is 2.27. The molecule has 3 rings (SSSR count). The van der Waals surface area contributed by atoms with Gasteiger partial charge in [-0.15, -0.1) is 0 Å². The number of morpholine rings is 1. The Morgan fingerprint density at radius 3 is 2.81 bits per heavy atom. The van der Waals surface area contributed by atoms with Gasteiger partial charge in [-0.2, -0.15) is 0 Å². The van der Waals surface area contributed by atoms with Crippen molar-refractivity contribution in [1.82, 2.24) is 9.80 Å². The molecule has 1 spiro atoms. The highest BCUT2D eigenvalue weighted by Gasteiger charge is 2.46. The monoisotopic (exact) mass is 361 g/mol. The summed E-state index contributed by atoms with van der Waals surface area (Å²) in [5.74, 6) is 0.256. The summed E-state index contributed by atoms with van der Waals surface area (Å²) in [5.41, 5.74) is 1.49. The molecule has 1 atom stereocenters. The molecule has 7 heteroatoms. The van der Waals surface area contributed by atoms with Gasteiger partial charge in [-0.25, -0.2) is 4.79 Å². The summed E-state index contributed by atoms with van der Waals surface area (Å²) in [6.07, 6.45) is -0.337. The minimum atomic E-state index is -0.476. The largest absolute Gasteiger partial charge is 0.447 e. The first kappa shape index (κ1) is 18.7. The molecule has 0 saturated carbocycles. The maximum Gasteiger partial charge on any atom is 0.409 e. The van der Waals surface area contributed by atoms with Gasteiger partial charge in [0.25, 0.3) is 0 Å². The molecule has 1 aromatic rings. The second kappa shape index (κ2) is 7.63. The first-order chi connectivity index (χ1) is 12.4. The zero-order chi connectivity index (χ0) is 18.7. The standard InChI is InChI=1S/C19H27N3O4/c1-14(2)15-6-4-5-7-16(15)20-17(23)10-22-8-9-25-12-19(22)11-21(3)18(24)26-13-19/h4-7,14H,8-13H2,1-3H3,(H,20,23). The van der Waals surface area contributed by atoms with Crippen LogP contribution in [0.4, 0.5) is 10.5 Å². The number of nitrogens with one attached hydrogen (secondary N) is 1. The number of hydrogen-bond donors (Lipinski definition) is 1. The summed E-state index contributed by atoms with van der Waals surface area (Å²) in [4.78, 5) is 28.0. The van der Waals surface area contributed by atoms with Crippen molar-refractivity contribution in [2.24, 2.45) is 0 Å². The molecular formula is C19H27N3O4. The Hall–Kier alpha value is -2.12. The van der Waals surface area contributed by atoms with Crippen molar-refractivity contribution in [3.8, 4) is 0 Å². The van der Waals surface area contributed by atoms with Crippen molar-refractivity contribution in [3.05, 3.63) is 29.8 Å². The number of likely N-dealkylation sites (N-methyl/N-ethyl adjacent to an activating group) is 1. The smallest absolute Gasteiger partial charge is 0.409 e. The Labute approximate surface area is 154 Å². The number of nitrogens with zero attached hydrogens (tertiary/aromatic N) is 2. The third-order valence-corrected chi connectivity index (χ3v) is 5.05. The number of anilines is 1. The van der Waals surface area contributed by atoms with E-state index < -0.39 is 5.54 Å². The number of amides is 2. The summed E-state index contributed by atoms with van der Waals surface area (Å²) in [5, 5.41) is 3.04. The van der Waals surface area contributed by atoms with Crippen LogP contribution in [-0.2, 0) is 14.3 Å². The zero-order valence-corrected chi connectivity index (χ0v) is 15.7. The van der Waals surface area contributed by atoms with Crippen molar-refractivity contribution in [1.29, 1.82) is 0 Å². The number of hydrogen-bond acceptors (Lipinski definition) is 5. The summed E-state index contributed by atoms with van der Waals surface area (Å²) < 4.78 is 10.9. The predicted molar refractivity (Wildman–Crippen MR) is 98.3 cm³/mol. The predicted octanol–water partition coefficient (Wildman–Crippen LogP) is 1.90. The van der Waals surface area contributed by atoms with Gasteiger partial charge in [0.15, 0.2) is 0 Å². The molecule has 26 heavy (non-hydrogen) atoms. The van der Waals surface area contributed by atoms with Crippen LogP contribution >= 0.6 is 0 Å². The van der Waals surface area contributed by atoms with Crippen molar-refractivity contribution in [2.45, 2.75) is 25.3 Å². The molecule has 0 aromatic heterocycles. The molecule has 2 aliphatic rings. The van der Waals surface area contributed by atoms with Crippen molar-refractivity contribution in [2.75, 3.05) is 51.8 Å². The molecule has 1 aromatic carbocycles. The second-order valence-corrected chi connectivity index (χ2v) is 7.40. The normalized spacial score (nSPS) is 24.0. The van der Waals surface area contributed by atoms with Gasteiger partial charge in [0, 0.05) is 25.8 Å². The van der Waals surface area contributed by atoms with Crippen LogP contribution in [0.2, 0.25) is 0 Å². The number of carbonyl (C=O) groups is 2. The number of carbonyl (C=O) groups excluding carboxylic acids is 2. The van der Waals surface area contributed by atoms with Gasteiger partial charge in [0.05, 0.1) is 25.3 Å². The van der Waals surface area contributed by atoms with E-state index in [1.165, 1.54) is 4.90 Å². The van der Waals surface area contributed by atoms with E-state index in [9.17, 15) is 9.59 Å². The van der Waals surface area contributed by atoms with Gasteiger partial charge < -0.3 is 19.7 Å². The molecule has 2 saturated heterocycles. The van der Waals surface area contributed by atoms with Gasteiger partial charge in [-0.05, 0) is 17.5 Å². The lowest BCUT2D eigenvalue weighted by atomic mass is 9.95. The molecule has 0 radical (unpaired) electrons. The van der Waals surface area contributed by atoms with Crippen LogP contribution in [-0.4, -0.2) is 73.8 Å². The van der Waals surface area contributed by atoms with E-state index in [-0.39, 0.29) is 25.2 Å². The van der Waals surface area contributed by atoms with Crippen molar-refractivity contribution in [3.63, 3.8) is 0 Å². The van der Waals surface area contributed by atoms with E-state index >= 15 is 0 Å². The topological polar surface area (TPSA) is 71.1 Å². The number of benzene rings is 1. The highest BCUT2D eigenvalue weighted by atomic mass is 16.6. The SMILES string of the molecule is CC(C)c1ccccc1NC(=O)CN1CCOCC12COC(=O)N(C)C2. The lowest BCUT2D eigenvalue weighted by molar-refractivity contribution is -0.135. The summed E-state index contributed by atoms with van der Waals surface area (Å²) in [6, 6.07) is 7.87. The van der Waals surface area contributed by atoms with E-state index in [0.717, 1.165) is 11.3 Å². The molecule has 2 heterocycles. The molecule has 1 N–H and O–H groups in total. The van der Waals surface area contributed by atoms with Gasteiger partial charge in [-0.1, -0.05) is 32.0 Å². The van der Waals surface area contributed by atoms with Crippen molar-refractivity contribution >= 4 is 17.7 Å². The van der Waals surface area contributed by atoms with Gasteiger partial charge in [-0.3, -0.25) is 9.69 Å². The summed E-state index contributed by atoms with van der Waals surface area (Å²) in [6.45, 7) is 6.82. The Morgan fingerprint density at radius 1 is 1.31 bits per heavy atom.